The van der Waals surface area contributed by atoms with Crippen molar-refractivity contribution in [2.75, 3.05) is 6.54 Å². The van der Waals surface area contributed by atoms with Crippen LogP contribution in [-0.2, 0) is 0 Å². The van der Waals surface area contributed by atoms with E-state index in [1.54, 1.807) is 12.3 Å². The zero-order valence-electron chi connectivity index (χ0n) is 11.0. The first-order valence-electron chi connectivity index (χ1n) is 6.42. The SMILES string of the molecule is CCCNC(c1cccc(Cl)c1Cl)c1ncccc1Cl. The highest BCUT2D eigenvalue weighted by Gasteiger charge is 2.21. The van der Waals surface area contributed by atoms with Crippen molar-refractivity contribution in [3.05, 3.63) is 62.9 Å². The Balaban J connectivity index is 2.47. The van der Waals surface area contributed by atoms with E-state index < -0.39 is 0 Å². The van der Waals surface area contributed by atoms with Crippen molar-refractivity contribution in [1.82, 2.24) is 10.3 Å². The fourth-order valence-corrected chi connectivity index (χ4v) is 2.64. The highest BCUT2D eigenvalue weighted by atomic mass is 35.5. The van der Waals surface area contributed by atoms with Gasteiger partial charge in [0.2, 0.25) is 0 Å². The maximum absolute atomic E-state index is 6.33. The normalized spacial score (nSPS) is 12.4. The largest absolute Gasteiger partial charge is 0.305 e. The summed E-state index contributed by atoms with van der Waals surface area (Å²) in [5.41, 5.74) is 1.64. The van der Waals surface area contributed by atoms with Gasteiger partial charge in [-0.25, -0.2) is 0 Å². The van der Waals surface area contributed by atoms with E-state index in [0.717, 1.165) is 24.2 Å². The van der Waals surface area contributed by atoms with Crippen molar-refractivity contribution in [2.45, 2.75) is 19.4 Å². The lowest BCUT2D eigenvalue weighted by Crippen LogP contribution is -2.24. The van der Waals surface area contributed by atoms with Crippen molar-refractivity contribution in [3.8, 4) is 0 Å². The molecular formula is C15H15Cl3N2. The molecule has 1 atom stereocenters. The van der Waals surface area contributed by atoms with Crippen molar-refractivity contribution in [2.24, 2.45) is 0 Å². The number of hydrogen-bond donors (Lipinski definition) is 1. The zero-order valence-corrected chi connectivity index (χ0v) is 13.3. The van der Waals surface area contributed by atoms with Gasteiger partial charge in [0.25, 0.3) is 0 Å². The van der Waals surface area contributed by atoms with Gasteiger partial charge in [0.05, 0.1) is 26.8 Å². The van der Waals surface area contributed by atoms with E-state index in [0.29, 0.717) is 15.1 Å². The van der Waals surface area contributed by atoms with E-state index in [2.05, 4.69) is 17.2 Å². The molecule has 2 rings (SSSR count). The van der Waals surface area contributed by atoms with Crippen LogP contribution in [0.1, 0.15) is 30.6 Å². The van der Waals surface area contributed by atoms with Gasteiger partial charge in [-0.2, -0.15) is 0 Å². The topological polar surface area (TPSA) is 24.9 Å². The molecule has 0 aliphatic heterocycles. The molecule has 0 bridgehead atoms. The Labute approximate surface area is 134 Å². The van der Waals surface area contributed by atoms with Gasteiger partial charge in [-0.15, -0.1) is 0 Å². The number of nitrogens with zero attached hydrogens (tertiary/aromatic N) is 1. The molecule has 0 aliphatic rings. The van der Waals surface area contributed by atoms with E-state index in [4.69, 9.17) is 34.8 Å². The Morgan fingerprint density at radius 1 is 1.10 bits per heavy atom. The molecule has 1 unspecified atom stereocenters. The molecule has 0 fully saturated rings. The van der Waals surface area contributed by atoms with Crippen LogP contribution in [0.3, 0.4) is 0 Å². The van der Waals surface area contributed by atoms with Gasteiger partial charge in [0, 0.05) is 6.20 Å². The molecule has 0 saturated heterocycles. The molecule has 0 amide bonds. The minimum Gasteiger partial charge on any atom is -0.305 e. The van der Waals surface area contributed by atoms with Gasteiger partial charge >= 0.3 is 0 Å². The summed E-state index contributed by atoms with van der Waals surface area (Å²) in [7, 11) is 0. The maximum atomic E-state index is 6.33. The average molecular weight is 330 g/mol. The number of aromatic nitrogens is 1. The number of hydrogen-bond acceptors (Lipinski definition) is 2. The lowest BCUT2D eigenvalue weighted by molar-refractivity contribution is 0.587. The van der Waals surface area contributed by atoms with Crippen LogP contribution >= 0.6 is 34.8 Å². The molecule has 0 radical (unpaired) electrons. The Kier molecular flexibility index (Phi) is 5.67. The third kappa shape index (κ3) is 3.44. The minimum atomic E-state index is -0.171. The van der Waals surface area contributed by atoms with Gasteiger partial charge in [0.1, 0.15) is 0 Å². The smallest absolute Gasteiger partial charge is 0.0804 e. The van der Waals surface area contributed by atoms with E-state index in [-0.39, 0.29) is 6.04 Å². The van der Waals surface area contributed by atoms with Gasteiger partial charge in [-0.05, 0) is 36.7 Å². The quantitative estimate of drug-likeness (QED) is 0.822. The van der Waals surface area contributed by atoms with Crippen LogP contribution in [0.15, 0.2) is 36.5 Å². The second-order valence-electron chi connectivity index (χ2n) is 4.40. The standard InChI is InChI=1S/C15H15Cl3N2/c1-2-8-19-14(15-12(17)7-4-9-20-15)10-5-3-6-11(16)13(10)18/h3-7,9,14,19H,2,8H2,1H3. The predicted molar refractivity (Wildman–Crippen MR) is 85.8 cm³/mol. The molecule has 1 aromatic carbocycles. The van der Waals surface area contributed by atoms with E-state index in [1.165, 1.54) is 0 Å². The molecule has 20 heavy (non-hydrogen) atoms. The summed E-state index contributed by atoms with van der Waals surface area (Å²) in [5.74, 6) is 0. The summed E-state index contributed by atoms with van der Waals surface area (Å²) < 4.78 is 0. The second kappa shape index (κ2) is 7.28. The van der Waals surface area contributed by atoms with Gasteiger partial charge < -0.3 is 5.32 Å². The summed E-state index contributed by atoms with van der Waals surface area (Å²) in [5, 5.41) is 5.09. The van der Waals surface area contributed by atoms with Crippen molar-refractivity contribution in [1.29, 1.82) is 0 Å². The van der Waals surface area contributed by atoms with Crippen molar-refractivity contribution >= 4 is 34.8 Å². The predicted octanol–water partition coefficient (Wildman–Crippen LogP) is 5.13. The van der Waals surface area contributed by atoms with E-state index >= 15 is 0 Å². The number of rotatable bonds is 5. The van der Waals surface area contributed by atoms with Crippen LogP contribution in [0, 0.1) is 0 Å². The molecule has 5 heteroatoms. The first-order chi connectivity index (χ1) is 9.65. The fourth-order valence-electron chi connectivity index (χ4n) is 2.00. The van der Waals surface area contributed by atoms with Gasteiger partial charge in [-0.3, -0.25) is 4.98 Å². The summed E-state index contributed by atoms with van der Waals surface area (Å²) in [6.45, 7) is 2.93. The molecule has 1 aromatic heterocycles. The number of halogens is 3. The molecule has 2 aromatic rings. The molecule has 0 spiro atoms. The van der Waals surface area contributed by atoms with E-state index in [9.17, 15) is 0 Å². The van der Waals surface area contributed by atoms with E-state index in [1.807, 2.05) is 24.3 Å². The van der Waals surface area contributed by atoms with Crippen LogP contribution in [0.2, 0.25) is 15.1 Å². The van der Waals surface area contributed by atoms with Crippen molar-refractivity contribution < 1.29 is 0 Å². The number of nitrogens with one attached hydrogen (secondary N) is 1. The van der Waals surface area contributed by atoms with Gasteiger partial charge in [0.15, 0.2) is 0 Å². The molecule has 0 aliphatic carbocycles. The zero-order chi connectivity index (χ0) is 14.5. The van der Waals surface area contributed by atoms with Crippen LogP contribution in [-0.4, -0.2) is 11.5 Å². The highest BCUT2D eigenvalue weighted by Crippen LogP contribution is 2.34. The molecule has 106 valence electrons. The fraction of sp³-hybridized carbons (Fsp3) is 0.267. The summed E-state index contributed by atoms with van der Waals surface area (Å²) >= 11 is 18.7. The Morgan fingerprint density at radius 2 is 1.85 bits per heavy atom. The molecule has 0 saturated carbocycles. The highest BCUT2D eigenvalue weighted by molar-refractivity contribution is 6.42. The Hall–Kier alpha value is -0.800. The third-order valence-electron chi connectivity index (χ3n) is 2.95. The number of pyridine rings is 1. The Morgan fingerprint density at radius 3 is 2.55 bits per heavy atom. The molecule has 2 nitrogen and oxygen atoms in total. The average Bonchev–Trinajstić information content (AvgIpc) is 2.45. The van der Waals surface area contributed by atoms with Crippen LogP contribution in [0.5, 0.6) is 0 Å². The maximum Gasteiger partial charge on any atom is 0.0804 e. The molecular weight excluding hydrogens is 315 g/mol. The first-order valence-corrected chi connectivity index (χ1v) is 7.56. The monoisotopic (exact) mass is 328 g/mol. The van der Waals surface area contributed by atoms with Crippen LogP contribution in [0.4, 0.5) is 0 Å². The lowest BCUT2D eigenvalue weighted by atomic mass is 10.0. The van der Waals surface area contributed by atoms with Crippen LogP contribution in [0.25, 0.3) is 0 Å². The first kappa shape index (κ1) is 15.6. The lowest BCUT2D eigenvalue weighted by Gasteiger charge is -2.21. The molecule has 1 N–H and O–H groups in total. The molecule has 1 heterocycles. The van der Waals surface area contributed by atoms with Crippen LogP contribution < -0.4 is 5.32 Å². The Bertz CT molecular complexity index is 587. The number of benzene rings is 1. The summed E-state index contributed by atoms with van der Waals surface area (Å²) in [6, 6.07) is 9.04. The van der Waals surface area contributed by atoms with Gasteiger partial charge in [-0.1, -0.05) is 53.9 Å². The minimum absolute atomic E-state index is 0.171. The third-order valence-corrected chi connectivity index (χ3v) is 4.10. The van der Waals surface area contributed by atoms with Crippen molar-refractivity contribution in [3.63, 3.8) is 0 Å². The summed E-state index contributed by atoms with van der Waals surface area (Å²) in [4.78, 5) is 4.38. The second-order valence-corrected chi connectivity index (χ2v) is 5.59. The summed E-state index contributed by atoms with van der Waals surface area (Å²) in [6.07, 6.45) is 2.72.